The lowest BCUT2D eigenvalue weighted by atomic mass is 9.88. The Morgan fingerprint density at radius 1 is 1.23 bits per heavy atom. The van der Waals surface area contributed by atoms with E-state index in [1.54, 1.807) is 6.92 Å². The lowest BCUT2D eigenvalue weighted by molar-refractivity contribution is -0.153. The fraction of sp³-hybridized carbons (Fsp3) is 0.474. The van der Waals surface area contributed by atoms with Gasteiger partial charge in [-0.15, -0.1) is 0 Å². The Morgan fingerprint density at radius 2 is 1.88 bits per heavy atom. The van der Waals surface area contributed by atoms with Crippen molar-refractivity contribution in [1.29, 1.82) is 0 Å². The number of Topliss-reactive ketones (excluding diaryl/α,β-unsaturated/α-hetero) is 1. The van der Waals surface area contributed by atoms with Crippen molar-refractivity contribution in [2.24, 2.45) is 11.1 Å². The zero-order chi connectivity index (χ0) is 18.9. The Morgan fingerprint density at radius 3 is 2.46 bits per heavy atom. The van der Waals surface area contributed by atoms with Crippen LogP contribution in [0.3, 0.4) is 0 Å². The van der Waals surface area contributed by atoms with Crippen LogP contribution in [0.4, 0.5) is 5.69 Å². The number of anilines is 1. The first-order valence-electron chi connectivity index (χ1n) is 8.72. The van der Waals surface area contributed by atoms with Crippen molar-refractivity contribution in [3.63, 3.8) is 0 Å². The molecule has 0 spiro atoms. The summed E-state index contributed by atoms with van der Waals surface area (Å²) in [7, 11) is 0. The van der Waals surface area contributed by atoms with E-state index in [9.17, 15) is 14.4 Å². The summed E-state index contributed by atoms with van der Waals surface area (Å²) >= 11 is 0. The minimum absolute atomic E-state index is 0.0450. The second kappa shape index (κ2) is 6.90. The van der Waals surface area contributed by atoms with Crippen LogP contribution < -0.4 is 5.32 Å². The molecule has 1 aliphatic carbocycles. The van der Waals surface area contributed by atoms with Crippen molar-refractivity contribution in [3.8, 4) is 0 Å². The van der Waals surface area contributed by atoms with Crippen molar-refractivity contribution in [3.05, 3.63) is 29.3 Å². The fourth-order valence-electron chi connectivity index (χ4n) is 3.08. The molecule has 7 nitrogen and oxygen atoms in total. The van der Waals surface area contributed by atoms with Crippen LogP contribution >= 0.6 is 0 Å². The summed E-state index contributed by atoms with van der Waals surface area (Å²) in [5.74, 6) is -1.83. The number of hydrogen-bond donors (Lipinski definition) is 1. The first-order valence-corrected chi connectivity index (χ1v) is 8.72. The molecule has 1 aromatic rings. The van der Waals surface area contributed by atoms with Gasteiger partial charge in [0, 0.05) is 11.6 Å². The standard InChI is InChI=1S/C19H22N2O5/c1-4-25-17(23)15-10-19(26-21-15,16(22)13-5-6-13)18(24)20-14-8-11(2)7-12(3)9-14/h7-9,13H,4-6,10H2,1-3H3,(H,20,24). The van der Waals surface area contributed by atoms with Gasteiger partial charge in [-0.25, -0.2) is 4.79 Å². The summed E-state index contributed by atoms with van der Waals surface area (Å²) in [6.07, 6.45) is 1.23. The van der Waals surface area contributed by atoms with Crippen LogP contribution in [-0.4, -0.2) is 35.6 Å². The third-order valence-electron chi connectivity index (χ3n) is 4.43. The van der Waals surface area contributed by atoms with Crippen LogP contribution in [-0.2, 0) is 24.0 Å². The number of nitrogens with zero attached hydrogens (tertiary/aromatic N) is 1. The quantitative estimate of drug-likeness (QED) is 0.622. The maximum atomic E-state index is 13.0. The monoisotopic (exact) mass is 358 g/mol. The lowest BCUT2D eigenvalue weighted by Crippen LogP contribution is -2.51. The third kappa shape index (κ3) is 3.47. The van der Waals surface area contributed by atoms with E-state index >= 15 is 0 Å². The van der Waals surface area contributed by atoms with E-state index in [4.69, 9.17) is 9.57 Å². The van der Waals surface area contributed by atoms with Crippen LogP contribution in [0.25, 0.3) is 0 Å². The van der Waals surface area contributed by atoms with E-state index < -0.39 is 17.5 Å². The van der Waals surface area contributed by atoms with Crippen molar-refractivity contribution >= 4 is 29.1 Å². The molecule has 1 N–H and O–H groups in total. The van der Waals surface area contributed by atoms with E-state index in [1.807, 2.05) is 32.0 Å². The van der Waals surface area contributed by atoms with Gasteiger partial charge in [-0.1, -0.05) is 11.2 Å². The highest BCUT2D eigenvalue weighted by Crippen LogP contribution is 2.39. The average molecular weight is 358 g/mol. The first kappa shape index (κ1) is 18.1. The number of esters is 1. The van der Waals surface area contributed by atoms with Gasteiger partial charge in [0.2, 0.25) is 0 Å². The van der Waals surface area contributed by atoms with Gasteiger partial charge < -0.3 is 14.9 Å². The van der Waals surface area contributed by atoms with E-state index in [0.29, 0.717) is 5.69 Å². The molecule has 0 aromatic heterocycles. The third-order valence-corrected chi connectivity index (χ3v) is 4.43. The van der Waals surface area contributed by atoms with E-state index in [-0.39, 0.29) is 30.4 Å². The highest BCUT2D eigenvalue weighted by atomic mass is 16.7. The SMILES string of the molecule is CCOC(=O)C1=NOC(C(=O)Nc2cc(C)cc(C)c2)(C(=O)C2CC2)C1. The van der Waals surface area contributed by atoms with Gasteiger partial charge in [0.15, 0.2) is 11.5 Å². The smallest absolute Gasteiger partial charge is 0.356 e. The average Bonchev–Trinajstić information content (AvgIpc) is 3.31. The summed E-state index contributed by atoms with van der Waals surface area (Å²) in [4.78, 5) is 43.0. The number of ether oxygens (including phenoxy) is 1. The van der Waals surface area contributed by atoms with Gasteiger partial charge in [-0.3, -0.25) is 9.59 Å². The highest BCUT2D eigenvalue weighted by molar-refractivity contribution is 6.39. The molecule has 0 saturated heterocycles. The van der Waals surface area contributed by atoms with Crippen molar-refractivity contribution in [2.45, 2.75) is 45.6 Å². The molecule has 1 aromatic carbocycles. The molecule has 1 amide bonds. The Hall–Kier alpha value is -2.70. The highest BCUT2D eigenvalue weighted by Gasteiger charge is 2.58. The molecular weight excluding hydrogens is 336 g/mol. The Bertz CT molecular complexity index is 777. The van der Waals surface area contributed by atoms with Crippen molar-refractivity contribution in [2.75, 3.05) is 11.9 Å². The van der Waals surface area contributed by atoms with E-state index in [0.717, 1.165) is 24.0 Å². The van der Waals surface area contributed by atoms with Gasteiger partial charge in [0.25, 0.3) is 11.5 Å². The lowest BCUT2D eigenvalue weighted by Gasteiger charge is -2.24. The minimum Gasteiger partial charge on any atom is -0.461 e. The molecule has 26 heavy (non-hydrogen) atoms. The van der Waals surface area contributed by atoms with Crippen LogP contribution in [0.1, 0.15) is 37.3 Å². The second-order valence-electron chi connectivity index (χ2n) is 6.82. The van der Waals surface area contributed by atoms with Gasteiger partial charge in [-0.2, -0.15) is 0 Å². The van der Waals surface area contributed by atoms with Crippen LogP contribution in [0.5, 0.6) is 0 Å². The van der Waals surface area contributed by atoms with Crippen LogP contribution in [0.15, 0.2) is 23.4 Å². The number of carbonyl (C=O) groups is 3. The van der Waals surface area contributed by atoms with Gasteiger partial charge in [0.1, 0.15) is 0 Å². The molecule has 1 saturated carbocycles. The Balaban J connectivity index is 1.84. The molecule has 3 rings (SSSR count). The van der Waals surface area contributed by atoms with E-state index in [2.05, 4.69) is 10.5 Å². The zero-order valence-electron chi connectivity index (χ0n) is 15.1. The summed E-state index contributed by atoms with van der Waals surface area (Å²) < 4.78 is 4.91. The number of oxime groups is 1. The molecule has 1 fully saturated rings. The molecular formula is C19H22N2O5. The number of nitrogens with one attached hydrogen (secondary N) is 1. The molecule has 1 unspecified atom stereocenters. The fourth-order valence-corrected chi connectivity index (χ4v) is 3.08. The molecule has 1 atom stereocenters. The Labute approximate surface area is 151 Å². The van der Waals surface area contributed by atoms with Gasteiger partial charge in [-0.05, 0) is 56.9 Å². The molecule has 7 heteroatoms. The number of hydrogen-bond acceptors (Lipinski definition) is 6. The summed E-state index contributed by atoms with van der Waals surface area (Å²) in [5.41, 5.74) is 0.693. The molecule has 2 aliphatic rings. The van der Waals surface area contributed by atoms with Crippen LogP contribution in [0, 0.1) is 19.8 Å². The molecule has 1 aliphatic heterocycles. The first-order chi connectivity index (χ1) is 12.4. The number of amides is 1. The topological polar surface area (TPSA) is 94.1 Å². The normalized spacial score (nSPS) is 21.6. The molecule has 1 heterocycles. The van der Waals surface area contributed by atoms with E-state index in [1.165, 1.54) is 0 Å². The summed E-state index contributed by atoms with van der Waals surface area (Å²) in [5, 5.41) is 6.45. The van der Waals surface area contributed by atoms with Gasteiger partial charge in [0.05, 0.1) is 13.0 Å². The Kier molecular flexibility index (Phi) is 4.80. The maximum absolute atomic E-state index is 13.0. The largest absolute Gasteiger partial charge is 0.461 e. The van der Waals surface area contributed by atoms with Crippen molar-refractivity contribution < 1.29 is 24.0 Å². The maximum Gasteiger partial charge on any atom is 0.356 e. The summed E-state index contributed by atoms with van der Waals surface area (Å²) in [6, 6.07) is 5.60. The molecule has 0 radical (unpaired) electrons. The molecule has 0 bridgehead atoms. The van der Waals surface area contributed by atoms with Crippen LogP contribution in [0.2, 0.25) is 0 Å². The number of ketones is 1. The predicted molar refractivity (Wildman–Crippen MR) is 94.8 cm³/mol. The molecule has 138 valence electrons. The number of carbonyl (C=O) groups excluding carboxylic acids is 3. The minimum atomic E-state index is -1.80. The zero-order valence-corrected chi connectivity index (χ0v) is 15.1. The number of rotatable bonds is 6. The predicted octanol–water partition coefficient (Wildman–Crippen LogP) is 2.30. The van der Waals surface area contributed by atoms with Gasteiger partial charge >= 0.3 is 5.97 Å². The number of aryl methyl sites for hydroxylation is 2. The van der Waals surface area contributed by atoms with Crippen molar-refractivity contribution in [1.82, 2.24) is 0 Å². The number of benzene rings is 1. The second-order valence-corrected chi connectivity index (χ2v) is 6.82. The summed E-state index contributed by atoms with van der Waals surface area (Å²) in [6.45, 7) is 5.68.